The summed E-state index contributed by atoms with van der Waals surface area (Å²) in [6.07, 6.45) is 6.81. The Morgan fingerprint density at radius 3 is 2.54 bits per heavy atom. The molecule has 0 aliphatic heterocycles. The molecule has 1 heterocycles. The molecule has 0 spiro atoms. The second-order valence-corrected chi connectivity index (χ2v) is 7.79. The SMILES string of the molecule is O=C(Nc1ncc(Cc2ccc(Cl)cc2)o1)C(c1ccccc1)C1CCCC1. The Labute approximate surface area is 169 Å². The van der Waals surface area contributed by atoms with E-state index in [0.29, 0.717) is 23.1 Å². The van der Waals surface area contributed by atoms with E-state index in [9.17, 15) is 4.79 Å². The minimum absolute atomic E-state index is 0.0435. The largest absolute Gasteiger partial charge is 0.428 e. The average Bonchev–Trinajstić information content (AvgIpc) is 3.37. The number of carbonyl (C=O) groups excluding carboxylic acids is 1. The highest BCUT2D eigenvalue weighted by Gasteiger charge is 2.32. The van der Waals surface area contributed by atoms with Crippen LogP contribution in [-0.2, 0) is 11.2 Å². The normalized spacial score (nSPS) is 15.5. The van der Waals surface area contributed by atoms with Crippen molar-refractivity contribution in [2.24, 2.45) is 5.92 Å². The number of hydrogen-bond acceptors (Lipinski definition) is 3. The molecule has 1 unspecified atom stereocenters. The van der Waals surface area contributed by atoms with Gasteiger partial charge >= 0.3 is 6.01 Å². The van der Waals surface area contributed by atoms with Crippen LogP contribution in [0.4, 0.5) is 6.01 Å². The smallest absolute Gasteiger partial charge is 0.301 e. The summed E-state index contributed by atoms with van der Waals surface area (Å²) in [4.78, 5) is 17.3. The van der Waals surface area contributed by atoms with Gasteiger partial charge in [-0.05, 0) is 42.0 Å². The third kappa shape index (κ3) is 4.45. The highest BCUT2D eigenvalue weighted by molar-refractivity contribution is 6.30. The van der Waals surface area contributed by atoms with E-state index in [1.165, 1.54) is 12.8 Å². The van der Waals surface area contributed by atoms with Gasteiger partial charge in [-0.3, -0.25) is 10.1 Å². The Morgan fingerprint density at radius 1 is 1.11 bits per heavy atom. The van der Waals surface area contributed by atoms with Crippen LogP contribution in [0.15, 0.2) is 65.2 Å². The molecule has 5 heteroatoms. The van der Waals surface area contributed by atoms with Crippen molar-refractivity contribution in [1.29, 1.82) is 0 Å². The lowest BCUT2D eigenvalue weighted by Gasteiger charge is -2.22. The third-order valence-corrected chi connectivity index (χ3v) is 5.64. The van der Waals surface area contributed by atoms with Crippen molar-refractivity contribution in [1.82, 2.24) is 4.98 Å². The Kier molecular flexibility index (Phi) is 5.77. The average molecular weight is 395 g/mol. The molecule has 2 aromatic carbocycles. The zero-order chi connectivity index (χ0) is 19.3. The second-order valence-electron chi connectivity index (χ2n) is 7.36. The number of aromatic nitrogens is 1. The number of oxazole rings is 1. The fourth-order valence-corrected chi connectivity index (χ4v) is 4.15. The molecule has 1 atom stereocenters. The van der Waals surface area contributed by atoms with Crippen LogP contribution in [0.25, 0.3) is 0 Å². The van der Waals surface area contributed by atoms with E-state index in [0.717, 1.165) is 24.0 Å². The quantitative estimate of drug-likeness (QED) is 0.572. The Bertz CT molecular complexity index is 915. The molecule has 1 aliphatic carbocycles. The van der Waals surface area contributed by atoms with Crippen LogP contribution >= 0.6 is 11.6 Å². The van der Waals surface area contributed by atoms with Gasteiger partial charge in [-0.1, -0.05) is 66.9 Å². The van der Waals surface area contributed by atoms with Gasteiger partial charge in [-0.25, -0.2) is 4.98 Å². The first-order valence-corrected chi connectivity index (χ1v) is 10.1. The van der Waals surface area contributed by atoms with E-state index in [4.69, 9.17) is 16.0 Å². The molecule has 3 aromatic rings. The summed E-state index contributed by atoms with van der Waals surface area (Å²) in [5.41, 5.74) is 2.13. The summed E-state index contributed by atoms with van der Waals surface area (Å²) >= 11 is 5.93. The Balaban J connectivity index is 1.47. The lowest BCUT2D eigenvalue weighted by atomic mass is 9.84. The van der Waals surface area contributed by atoms with Crippen LogP contribution in [-0.4, -0.2) is 10.9 Å². The zero-order valence-corrected chi connectivity index (χ0v) is 16.4. The van der Waals surface area contributed by atoms with Gasteiger partial charge in [0.25, 0.3) is 0 Å². The molecule has 1 aromatic heterocycles. The highest BCUT2D eigenvalue weighted by Crippen LogP contribution is 2.38. The van der Waals surface area contributed by atoms with Gasteiger partial charge in [-0.2, -0.15) is 0 Å². The Morgan fingerprint density at radius 2 is 1.82 bits per heavy atom. The molecule has 1 fully saturated rings. The first-order valence-electron chi connectivity index (χ1n) is 9.74. The molecule has 1 saturated carbocycles. The van der Waals surface area contributed by atoms with E-state index < -0.39 is 0 Å². The molecule has 1 aliphatic rings. The third-order valence-electron chi connectivity index (χ3n) is 5.39. The number of hydrogen-bond donors (Lipinski definition) is 1. The van der Waals surface area contributed by atoms with Gasteiger partial charge in [0, 0.05) is 11.4 Å². The lowest BCUT2D eigenvalue weighted by molar-refractivity contribution is -0.118. The van der Waals surface area contributed by atoms with Crippen LogP contribution in [0.5, 0.6) is 0 Å². The Hall–Kier alpha value is -2.59. The van der Waals surface area contributed by atoms with Gasteiger partial charge in [-0.15, -0.1) is 0 Å². The minimum Gasteiger partial charge on any atom is -0.428 e. The second kappa shape index (κ2) is 8.61. The van der Waals surface area contributed by atoms with Crippen molar-refractivity contribution < 1.29 is 9.21 Å². The fourth-order valence-electron chi connectivity index (χ4n) is 4.02. The topological polar surface area (TPSA) is 55.1 Å². The summed E-state index contributed by atoms with van der Waals surface area (Å²) < 4.78 is 5.76. The monoisotopic (exact) mass is 394 g/mol. The summed E-state index contributed by atoms with van der Waals surface area (Å²) in [5.74, 6) is 0.856. The van der Waals surface area contributed by atoms with Crippen molar-refractivity contribution in [2.45, 2.75) is 38.0 Å². The van der Waals surface area contributed by atoms with E-state index in [2.05, 4.69) is 10.3 Å². The maximum absolute atomic E-state index is 13.1. The summed E-state index contributed by atoms with van der Waals surface area (Å²) in [7, 11) is 0. The standard InChI is InChI=1S/C23H23ClN2O2/c24-19-12-10-16(11-13-19)14-20-15-25-23(28-20)26-22(27)21(18-8-4-5-9-18)17-6-2-1-3-7-17/h1-3,6-7,10-13,15,18,21H,4-5,8-9,14H2,(H,25,26,27). The van der Waals surface area contributed by atoms with Gasteiger partial charge in [0.05, 0.1) is 12.1 Å². The highest BCUT2D eigenvalue weighted by atomic mass is 35.5. The zero-order valence-electron chi connectivity index (χ0n) is 15.6. The van der Waals surface area contributed by atoms with Gasteiger partial charge in [0.1, 0.15) is 5.76 Å². The van der Waals surface area contributed by atoms with Crippen LogP contribution in [0.3, 0.4) is 0 Å². The van der Waals surface area contributed by atoms with Gasteiger partial charge in [0.2, 0.25) is 5.91 Å². The van der Waals surface area contributed by atoms with Crippen LogP contribution < -0.4 is 5.32 Å². The summed E-state index contributed by atoms with van der Waals surface area (Å²) in [6, 6.07) is 17.9. The van der Waals surface area contributed by atoms with E-state index in [1.54, 1.807) is 6.20 Å². The summed E-state index contributed by atoms with van der Waals surface area (Å²) in [6.45, 7) is 0. The molecule has 28 heavy (non-hydrogen) atoms. The molecule has 1 amide bonds. The van der Waals surface area contributed by atoms with Crippen LogP contribution in [0, 0.1) is 5.92 Å². The first kappa shape index (κ1) is 18.8. The molecule has 1 N–H and O–H groups in total. The summed E-state index contributed by atoms with van der Waals surface area (Å²) in [5, 5.41) is 3.60. The molecular formula is C23H23ClN2O2. The van der Waals surface area contributed by atoms with Gasteiger partial charge in [0.15, 0.2) is 0 Å². The molecule has 4 nitrogen and oxygen atoms in total. The predicted octanol–water partition coefficient (Wildman–Crippen LogP) is 5.83. The van der Waals surface area contributed by atoms with Crippen molar-refractivity contribution in [3.63, 3.8) is 0 Å². The number of benzene rings is 2. The molecular weight excluding hydrogens is 372 g/mol. The number of nitrogens with one attached hydrogen (secondary N) is 1. The van der Waals surface area contributed by atoms with Crippen molar-refractivity contribution in [2.75, 3.05) is 5.32 Å². The first-order chi connectivity index (χ1) is 13.7. The van der Waals surface area contributed by atoms with Crippen molar-refractivity contribution >= 4 is 23.5 Å². The van der Waals surface area contributed by atoms with Crippen LogP contribution in [0.1, 0.15) is 48.5 Å². The fraction of sp³-hybridized carbons (Fsp3) is 0.304. The van der Waals surface area contributed by atoms with Gasteiger partial charge < -0.3 is 4.42 Å². The van der Waals surface area contributed by atoms with E-state index in [-0.39, 0.29) is 17.8 Å². The van der Waals surface area contributed by atoms with Crippen molar-refractivity contribution in [3.05, 3.63) is 82.7 Å². The maximum Gasteiger partial charge on any atom is 0.301 e. The molecule has 144 valence electrons. The maximum atomic E-state index is 13.1. The number of nitrogens with zero attached hydrogens (tertiary/aromatic N) is 1. The number of amides is 1. The molecule has 0 bridgehead atoms. The molecule has 0 radical (unpaired) electrons. The number of anilines is 1. The van der Waals surface area contributed by atoms with Crippen molar-refractivity contribution in [3.8, 4) is 0 Å². The molecule has 0 saturated heterocycles. The minimum atomic E-state index is -0.171. The van der Waals surface area contributed by atoms with E-state index in [1.807, 2.05) is 54.6 Å². The van der Waals surface area contributed by atoms with Crippen LogP contribution in [0.2, 0.25) is 5.02 Å². The number of carbonyl (C=O) groups is 1. The lowest BCUT2D eigenvalue weighted by Crippen LogP contribution is -2.26. The number of halogens is 1. The molecule has 4 rings (SSSR count). The predicted molar refractivity (Wildman–Crippen MR) is 111 cm³/mol. The van der Waals surface area contributed by atoms with E-state index >= 15 is 0 Å². The number of rotatable bonds is 6.